The highest BCUT2D eigenvalue weighted by atomic mass is 16.4. The summed E-state index contributed by atoms with van der Waals surface area (Å²) in [5, 5.41) is 11.3. The van der Waals surface area contributed by atoms with E-state index >= 15 is 0 Å². The van der Waals surface area contributed by atoms with E-state index in [0.29, 0.717) is 12.5 Å². The summed E-state index contributed by atoms with van der Waals surface area (Å²) in [6.45, 7) is 4.14. The quantitative estimate of drug-likeness (QED) is 0.854. The van der Waals surface area contributed by atoms with Crippen molar-refractivity contribution in [2.75, 3.05) is 11.4 Å². The van der Waals surface area contributed by atoms with Gasteiger partial charge in [0.05, 0.1) is 0 Å². The molecule has 0 bridgehead atoms. The molecule has 2 rings (SSSR count). The minimum absolute atomic E-state index is 0.353. The second-order valence-electron chi connectivity index (χ2n) is 5.06. The van der Waals surface area contributed by atoms with Crippen LogP contribution in [0.1, 0.15) is 19.4 Å². The molecule has 1 aromatic rings. The van der Waals surface area contributed by atoms with Gasteiger partial charge in [0.25, 0.3) is 0 Å². The van der Waals surface area contributed by atoms with Crippen LogP contribution in [0.25, 0.3) is 0 Å². The average molecular weight is 262 g/mol. The number of rotatable bonds is 2. The molecule has 1 aliphatic rings. The molecule has 1 aromatic carbocycles. The van der Waals surface area contributed by atoms with Crippen LogP contribution in [0.2, 0.25) is 0 Å². The van der Waals surface area contributed by atoms with Crippen molar-refractivity contribution < 1.29 is 14.7 Å². The number of carboxylic acid groups (broad SMARTS) is 1. The van der Waals surface area contributed by atoms with Crippen LogP contribution < -0.4 is 10.2 Å². The number of urea groups is 1. The van der Waals surface area contributed by atoms with Gasteiger partial charge in [-0.2, -0.15) is 0 Å². The molecule has 1 heterocycles. The van der Waals surface area contributed by atoms with E-state index in [0.717, 1.165) is 17.7 Å². The lowest BCUT2D eigenvalue weighted by Crippen LogP contribution is -2.49. The van der Waals surface area contributed by atoms with E-state index in [4.69, 9.17) is 5.11 Å². The van der Waals surface area contributed by atoms with E-state index in [1.54, 1.807) is 4.90 Å². The third-order valence-corrected chi connectivity index (χ3v) is 3.30. The summed E-state index contributed by atoms with van der Waals surface area (Å²) < 4.78 is 0. The minimum Gasteiger partial charge on any atom is -0.480 e. The van der Waals surface area contributed by atoms with Crippen LogP contribution in [0, 0.1) is 5.92 Å². The molecule has 0 saturated carbocycles. The van der Waals surface area contributed by atoms with Crippen LogP contribution in [-0.4, -0.2) is 29.7 Å². The molecule has 0 radical (unpaired) electrons. The van der Waals surface area contributed by atoms with Gasteiger partial charge < -0.3 is 10.4 Å². The van der Waals surface area contributed by atoms with E-state index in [9.17, 15) is 9.59 Å². The number of amides is 2. The van der Waals surface area contributed by atoms with Crippen molar-refractivity contribution in [2.45, 2.75) is 26.3 Å². The average Bonchev–Trinajstić information content (AvgIpc) is 2.37. The van der Waals surface area contributed by atoms with Crippen molar-refractivity contribution >= 4 is 17.7 Å². The number of benzene rings is 1. The SMILES string of the molecule is CC1Cc2ccccc2N(C(=O)N[C@H](C)C(=O)O)C1. The zero-order valence-electron chi connectivity index (χ0n) is 11.1. The molecule has 2 N–H and O–H groups in total. The Labute approximate surface area is 112 Å². The molecule has 5 heteroatoms. The van der Waals surface area contributed by atoms with Crippen LogP contribution in [0.3, 0.4) is 0 Å². The summed E-state index contributed by atoms with van der Waals surface area (Å²) in [6, 6.07) is 6.49. The molecule has 0 spiro atoms. The zero-order chi connectivity index (χ0) is 14.0. The smallest absolute Gasteiger partial charge is 0.325 e. The van der Waals surface area contributed by atoms with Crippen molar-refractivity contribution in [3.63, 3.8) is 0 Å². The number of fused-ring (bicyclic) bond motifs is 1. The van der Waals surface area contributed by atoms with Gasteiger partial charge >= 0.3 is 12.0 Å². The van der Waals surface area contributed by atoms with Crippen LogP contribution in [0.15, 0.2) is 24.3 Å². The molecule has 1 unspecified atom stereocenters. The largest absolute Gasteiger partial charge is 0.480 e. The lowest BCUT2D eigenvalue weighted by atomic mass is 9.94. The maximum Gasteiger partial charge on any atom is 0.325 e. The summed E-state index contributed by atoms with van der Waals surface area (Å²) in [6.07, 6.45) is 0.939. The number of para-hydroxylation sites is 1. The van der Waals surface area contributed by atoms with Crippen LogP contribution in [-0.2, 0) is 11.2 Å². The number of carboxylic acids is 1. The predicted molar refractivity (Wildman–Crippen MR) is 72.3 cm³/mol. The number of hydrogen-bond donors (Lipinski definition) is 2. The van der Waals surface area contributed by atoms with E-state index in [1.165, 1.54) is 6.92 Å². The topological polar surface area (TPSA) is 69.6 Å². The summed E-state index contributed by atoms with van der Waals surface area (Å²) in [4.78, 5) is 24.6. The second kappa shape index (κ2) is 5.30. The molecule has 2 atom stereocenters. The molecule has 5 nitrogen and oxygen atoms in total. The maximum atomic E-state index is 12.2. The summed E-state index contributed by atoms with van der Waals surface area (Å²) in [5.41, 5.74) is 2.00. The standard InChI is InChI=1S/C14H18N2O3/c1-9-7-11-5-3-4-6-12(11)16(8-9)14(19)15-10(2)13(17)18/h3-6,9-10H,7-8H2,1-2H3,(H,15,19)(H,17,18)/t9?,10-/m1/s1. The molecule has 19 heavy (non-hydrogen) atoms. The number of carbonyl (C=O) groups is 2. The Bertz CT molecular complexity index is 501. The first-order valence-corrected chi connectivity index (χ1v) is 6.37. The Morgan fingerprint density at radius 2 is 2.11 bits per heavy atom. The van der Waals surface area contributed by atoms with Gasteiger partial charge in [0.2, 0.25) is 0 Å². The highest BCUT2D eigenvalue weighted by Crippen LogP contribution is 2.29. The number of carbonyl (C=O) groups excluding carboxylic acids is 1. The van der Waals surface area contributed by atoms with Gasteiger partial charge in [0.1, 0.15) is 6.04 Å². The normalized spacial score (nSPS) is 19.5. The number of aliphatic carboxylic acids is 1. The Hall–Kier alpha value is -2.04. The third kappa shape index (κ3) is 2.86. The summed E-state index contributed by atoms with van der Waals surface area (Å²) in [5.74, 6) is -0.674. The van der Waals surface area contributed by atoms with Crippen molar-refractivity contribution in [1.29, 1.82) is 0 Å². The Kier molecular flexibility index (Phi) is 3.74. The molecule has 0 aliphatic carbocycles. The van der Waals surface area contributed by atoms with Gasteiger partial charge in [-0.3, -0.25) is 9.69 Å². The highest BCUT2D eigenvalue weighted by Gasteiger charge is 2.27. The van der Waals surface area contributed by atoms with Crippen molar-refractivity contribution in [3.05, 3.63) is 29.8 Å². The van der Waals surface area contributed by atoms with Crippen LogP contribution >= 0.6 is 0 Å². The molecule has 102 valence electrons. The third-order valence-electron chi connectivity index (χ3n) is 3.30. The fraction of sp³-hybridized carbons (Fsp3) is 0.429. The fourth-order valence-electron chi connectivity index (χ4n) is 2.31. The lowest BCUT2D eigenvalue weighted by molar-refractivity contribution is -0.138. The first-order chi connectivity index (χ1) is 8.99. The molecule has 1 aliphatic heterocycles. The van der Waals surface area contributed by atoms with E-state index in [1.807, 2.05) is 24.3 Å². The van der Waals surface area contributed by atoms with E-state index in [2.05, 4.69) is 12.2 Å². The first-order valence-electron chi connectivity index (χ1n) is 6.37. The summed E-state index contributed by atoms with van der Waals surface area (Å²) >= 11 is 0. The Morgan fingerprint density at radius 3 is 2.79 bits per heavy atom. The predicted octanol–water partition coefficient (Wildman–Crippen LogP) is 1.87. The zero-order valence-corrected chi connectivity index (χ0v) is 11.1. The summed E-state index contributed by atoms with van der Waals surface area (Å²) in [7, 11) is 0. The van der Waals surface area contributed by atoms with Gasteiger partial charge in [0.15, 0.2) is 0 Å². The highest BCUT2D eigenvalue weighted by molar-refractivity contribution is 5.95. The molecular formula is C14H18N2O3. The van der Waals surface area contributed by atoms with E-state index < -0.39 is 12.0 Å². The van der Waals surface area contributed by atoms with Gasteiger partial charge in [-0.15, -0.1) is 0 Å². The van der Waals surface area contributed by atoms with Gasteiger partial charge in [-0.1, -0.05) is 25.1 Å². The second-order valence-corrected chi connectivity index (χ2v) is 5.06. The molecular weight excluding hydrogens is 244 g/mol. The Morgan fingerprint density at radius 1 is 1.42 bits per heavy atom. The number of hydrogen-bond acceptors (Lipinski definition) is 2. The van der Waals surface area contributed by atoms with Crippen molar-refractivity contribution in [1.82, 2.24) is 5.32 Å². The van der Waals surface area contributed by atoms with Crippen molar-refractivity contribution in [3.8, 4) is 0 Å². The van der Waals surface area contributed by atoms with Crippen LogP contribution in [0.4, 0.5) is 10.5 Å². The number of nitrogens with zero attached hydrogens (tertiary/aromatic N) is 1. The molecule has 0 fully saturated rings. The Balaban J connectivity index is 2.20. The van der Waals surface area contributed by atoms with Crippen LogP contribution in [0.5, 0.6) is 0 Å². The van der Waals surface area contributed by atoms with Gasteiger partial charge in [-0.05, 0) is 30.9 Å². The monoisotopic (exact) mass is 262 g/mol. The maximum absolute atomic E-state index is 12.2. The van der Waals surface area contributed by atoms with E-state index in [-0.39, 0.29) is 6.03 Å². The lowest BCUT2D eigenvalue weighted by Gasteiger charge is -2.33. The van der Waals surface area contributed by atoms with Gasteiger partial charge in [-0.25, -0.2) is 4.79 Å². The fourth-order valence-corrected chi connectivity index (χ4v) is 2.31. The first kappa shape index (κ1) is 13.4. The van der Waals surface area contributed by atoms with Gasteiger partial charge in [0, 0.05) is 12.2 Å². The van der Waals surface area contributed by atoms with Crippen molar-refractivity contribution in [2.24, 2.45) is 5.92 Å². The number of anilines is 1. The molecule has 2 amide bonds. The molecule has 0 aromatic heterocycles. The minimum atomic E-state index is -1.04. The number of nitrogens with one attached hydrogen (secondary N) is 1. The molecule has 0 saturated heterocycles.